The van der Waals surface area contributed by atoms with Crippen LogP contribution in [0.4, 0.5) is 0 Å². The van der Waals surface area contributed by atoms with Crippen molar-refractivity contribution in [3.05, 3.63) is 57.0 Å². The molecule has 3 nitrogen and oxygen atoms in total. The number of halogens is 2. The van der Waals surface area contributed by atoms with Gasteiger partial charge in [0.05, 0.1) is 11.7 Å². The van der Waals surface area contributed by atoms with Crippen LogP contribution in [0.25, 0.3) is 0 Å². The van der Waals surface area contributed by atoms with Gasteiger partial charge in [-0.1, -0.05) is 0 Å². The van der Waals surface area contributed by atoms with E-state index in [1.165, 1.54) is 0 Å². The lowest BCUT2D eigenvalue weighted by Crippen LogP contribution is -2.16. The van der Waals surface area contributed by atoms with Crippen molar-refractivity contribution in [2.75, 3.05) is 0 Å². The third-order valence-corrected chi connectivity index (χ3v) is 3.50. The minimum atomic E-state index is -0.153. The molecule has 5 heteroatoms. The lowest BCUT2D eigenvalue weighted by Gasteiger charge is -2.12. The quantitative estimate of drug-likeness (QED) is 0.918. The molecule has 0 fully saturated rings. The Kier molecular flexibility index (Phi) is 4.25. The van der Waals surface area contributed by atoms with Crippen LogP contribution in [0.3, 0.4) is 0 Å². The van der Waals surface area contributed by atoms with Gasteiger partial charge in [0, 0.05) is 33.5 Å². The van der Waals surface area contributed by atoms with E-state index < -0.39 is 0 Å². The smallest absolute Gasteiger partial charge is 0.0716 e. The highest BCUT2D eigenvalue weighted by molar-refractivity contribution is 9.10. The van der Waals surface area contributed by atoms with Crippen LogP contribution in [0, 0.1) is 0 Å². The first-order valence-corrected chi connectivity index (χ1v) is 6.72. The van der Waals surface area contributed by atoms with Crippen LogP contribution in [0.2, 0.25) is 0 Å². The van der Waals surface area contributed by atoms with E-state index in [0.717, 1.165) is 20.3 Å². The van der Waals surface area contributed by atoms with Gasteiger partial charge in [-0.05, 0) is 56.1 Å². The molecule has 0 saturated carbocycles. The Morgan fingerprint density at radius 2 is 2.00 bits per heavy atom. The Balaban J connectivity index is 2.14. The molecule has 2 aromatic rings. The summed E-state index contributed by atoms with van der Waals surface area (Å²) in [6, 6.07) is 7.58. The fourth-order valence-corrected chi connectivity index (χ4v) is 2.30. The molecule has 0 aliphatic heterocycles. The summed E-state index contributed by atoms with van der Waals surface area (Å²) in [6.07, 6.45) is 4.19. The average molecular weight is 357 g/mol. The highest BCUT2D eigenvalue weighted by atomic mass is 79.9. The van der Waals surface area contributed by atoms with E-state index in [9.17, 15) is 0 Å². The maximum atomic E-state index is 6.12. The van der Waals surface area contributed by atoms with Crippen molar-refractivity contribution < 1.29 is 0 Å². The van der Waals surface area contributed by atoms with Crippen molar-refractivity contribution >= 4 is 31.9 Å². The summed E-state index contributed by atoms with van der Waals surface area (Å²) in [7, 11) is 0. The van der Waals surface area contributed by atoms with Gasteiger partial charge < -0.3 is 5.73 Å². The minimum Gasteiger partial charge on any atom is -0.322 e. The van der Waals surface area contributed by atoms with Gasteiger partial charge >= 0.3 is 0 Å². The molecule has 17 heavy (non-hydrogen) atoms. The van der Waals surface area contributed by atoms with Crippen molar-refractivity contribution in [1.29, 1.82) is 0 Å². The van der Waals surface area contributed by atoms with E-state index in [2.05, 4.69) is 41.8 Å². The number of rotatable bonds is 3. The Bertz CT molecular complexity index is 499. The zero-order chi connectivity index (χ0) is 12.3. The van der Waals surface area contributed by atoms with Gasteiger partial charge in [0.1, 0.15) is 0 Å². The molecular weight excluding hydrogens is 346 g/mol. The van der Waals surface area contributed by atoms with E-state index in [1.807, 2.05) is 24.3 Å². The number of hydrogen-bond donors (Lipinski definition) is 1. The molecule has 2 heterocycles. The summed E-state index contributed by atoms with van der Waals surface area (Å²) in [5, 5.41) is 0. The molecule has 0 aliphatic rings. The van der Waals surface area contributed by atoms with Gasteiger partial charge in [0.15, 0.2) is 0 Å². The fraction of sp³-hybridized carbons (Fsp3) is 0.167. The minimum absolute atomic E-state index is 0.153. The summed E-state index contributed by atoms with van der Waals surface area (Å²) in [5.41, 5.74) is 7.94. The highest BCUT2D eigenvalue weighted by Crippen LogP contribution is 2.21. The van der Waals surface area contributed by atoms with Crippen molar-refractivity contribution in [2.24, 2.45) is 5.73 Å². The van der Waals surface area contributed by atoms with E-state index >= 15 is 0 Å². The molecule has 0 aliphatic carbocycles. The first-order chi connectivity index (χ1) is 8.16. The van der Waals surface area contributed by atoms with Gasteiger partial charge in [0.25, 0.3) is 0 Å². The largest absolute Gasteiger partial charge is 0.322 e. The molecule has 0 bridgehead atoms. The number of nitrogens with two attached hydrogens (primary N) is 1. The van der Waals surface area contributed by atoms with Crippen molar-refractivity contribution in [3.8, 4) is 0 Å². The number of hydrogen-bond acceptors (Lipinski definition) is 3. The van der Waals surface area contributed by atoms with E-state index in [1.54, 1.807) is 12.4 Å². The third-order valence-electron chi connectivity index (χ3n) is 2.36. The molecule has 0 saturated heterocycles. The van der Waals surface area contributed by atoms with Gasteiger partial charge in [-0.25, -0.2) is 0 Å². The van der Waals surface area contributed by atoms with Crippen LogP contribution >= 0.6 is 31.9 Å². The van der Waals surface area contributed by atoms with Crippen LogP contribution in [-0.4, -0.2) is 9.97 Å². The third kappa shape index (κ3) is 3.34. The second kappa shape index (κ2) is 5.71. The maximum absolute atomic E-state index is 6.12. The molecule has 1 unspecified atom stereocenters. The summed E-state index contributed by atoms with van der Waals surface area (Å²) in [5.74, 6) is 0. The van der Waals surface area contributed by atoms with Crippen molar-refractivity contribution in [1.82, 2.24) is 9.97 Å². The average Bonchev–Trinajstić information content (AvgIpc) is 2.32. The Hall–Kier alpha value is -0.780. The first kappa shape index (κ1) is 12.7. The predicted octanol–water partition coefficient (Wildman–Crippen LogP) is 3.24. The number of aromatic nitrogens is 2. The molecule has 88 valence electrons. The second-order valence-corrected chi connectivity index (χ2v) is 5.42. The zero-order valence-electron chi connectivity index (χ0n) is 8.98. The monoisotopic (exact) mass is 355 g/mol. The van der Waals surface area contributed by atoms with Gasteiger partial charge in [-0.2, -0.15) is 0 Å². The molecule has 0 radical (unpaired) electrons. The standard InChI is InChI=1S/C12H11Br2N3/c13-8-3-4-9(17-7-8)6-11(15)12-10(14)2-1-5-16-12/h1-5,7,11H,6,15H2. The molecule has 2 aromatic heterocycles. The maximum Gasteiger partial charge on any atom is 0.0716 e. The normalized spacial score (nSPS) is 12.4. The Morgan fingerprint density at radius 3 is 2.65 bits per heavy atom. The summed E-state index contributed by atoms with van der Waals surface area (Å²) in [4.78, 5) is 8.59. The number of nitrogens with zero attached hydrogens (tertiary/aromatic N) is 2. The van der Waals surface area contributed by atoms with Crippen LogP contribution in [0.15, 0.2) is 45.6 Å². The molecule has 2 N–H and O–H groups in total. The van der Waals surface area contributed by atoms with Gasteiger partial charge in [-0.3, -0.25) is 9.97 Å². The zero-order valence-corrected chi connectivity index (χ0v) is 12.1. The molecular formula is C12H11Br2N3. The van der Waals surface area contributed by atoms with E-state index in [0.29, 0.717) is 6.42 Å². The molecule has 1 atom stereocenters. The van der Waals surface area contributed by atoms with E-state index in [4.69, 9.17) is 5.73 Å². The van der Waals surface area contributed by atoms with Crippen LogP contribution in [0.1, 0.15) is 17.4 Å². The van der Waals surface area contributed by atoms with Crippen molar-refractivity contribution in [3.63, 3.8) is 0 Å². The molecule has 0 amide bonds. The van der Waals surface area contributed by atoms with Crippen LogP contribution in [-0.2, 0) is 6.42 Å². The molecule has 2 rings (SSSR count). The summed E-state index contributed by atoms with van der Waals surface area (Å²) < 4.78 is 1.90. The lowest BCUT2D eigenvalue weighted by atomic mass is 10.1. The van der Waals surface area contributed by atoms with Gasteiger partial charge in [-0.15, -0.1) is 0 Å². The summed E-state index contributed by atoms with van der Waals surface area (Å²) in [6.45, 7) is 0. The van der Waals surface area contributed by atoms with Gasteiger partial charge in [0.2, 0.25) is 0 Å². The SMILES string of the molecule is NC(Cc1ccc(Br)cn1)c1ncccc1Br. The highest BCUT2D eigenvalue weighted by Gasteiger charge is 2.12. The Labute approximate surface area is 117 Å². The first-order valence-electron chi connectivity index (χ1n) is 5.13. The fourth-order valence-electron chi connectivity index (χ4n) is 1.52. The topological polar surface area (TPSA) is 51.8 Å². The lowest BCUT2D eigenvalue weighted by molar-refractivity contribution is 0.679. The Morgan fingerprint density at radius 1 is 1.18 bits per heavy atom. The number of pyridine rings is 2. The molecule has 0 aromatic carbocycles. The predicted molar refractivity (Wildman–Crippen MR) is 74.5 cm³/mol. The summed E-state index contributed by atoms with van der Waals surface area (Å²) >= 11 is 6.81. The van der Waals surface area contributed by atoms with Crippen LogP contribution in [0.5, 0.6) is 0 Å². The molecule has 0 spiro atoms. The van der Waals surface area contributed by atoms with E-state index in [-0.39, 0.29) is 6.04 Å². The second-order valence-electron chi connectivity index (χ2n) is 3.65. The van der Waals surface area contributed by atoms with Crippen LogP contribution < -0.4 is 5.73 Å². The van der Waals surface area contributed by atoms with Crippen molar-refractivity contribution in [2.45, 2.75) is 12.5 Å².